The Labute approximate surface area is 225 Å². The Morgan fingerprint density at radius 2 is 1.70 bits per heavy atom. The molecule has 1 N–H and O–H groups in total. The van der Waals surface area contributed by atoms with Crippen molar-refractivity contribution in [2.24, 2.45) is 0 Å². The van der Waals surface area contributed by atoms with E-state index >= 15 is 0 Å². The van der Waals surface area contributed by atoms with Crippen molar-refractivity contribution in [2.75, 3.05) is 16.8 Å². The SMILES string of the molecule is CC(C)(C)OC(=O)N(CCc1cscn1)c1ccc(NC(=O)c2ccccc2-c2ccc(Cl)cc2)cc1. The number of thiazole rings is 1. The summed E-state index contributed by atoms with van der Waals surface area (Å²) < 4.78 is 5.63. The molecule has 8 heteroatoms. The van der Waals surface area contributed by atoms with E-state index in [4.69, 9.17) is 16.3 Å². The van der Waals surface area contributed by atoms with E-state index in [1.54, 1.807) is 52.9 Å². The zero-order chi connectivity index (χ0) is 26.4. The van der Waals surface area contributed by atoms with Crippen LogP contribution in [0.3, 0.4) is 0 Å². The first kappa shape index (κ1) is 26.4. The maximum atomic E-state index is 13.2. The van der Waals surface area contributed by atoms with E-state index in [2.05, 4.69) is 10.3 Å². The number of anilines is 2. The highest BCUT2D eigenvalue weighted by Crippen LogP contribution is 2.27. The van der Waals surface area contributed by atoms with Crippen molar-refractivity contribution in [2.45, 2.75) is 32.8 Å². The van der Waals surface area contributed by atoms with Crippen LogP contribution in [0, 0.1) is 0 Å². The molecule has 6 nitrogen and oxygen atoms in total. The Kier molecular flexibility index (Phi) is 8.26. The van der Waals surface area contributed by atoms with Crippen LogP contribution >= 0.6 is 22.9 Å². The van der Waals surface area contributed by atoms with Crippen molar-refractivity contribution in [3.8, 4) is 11.1 Å². The van der Waals surface area contributed by atoms with Crippen LogP contribution in [-0.2, 0) is 11.2 Å². The monoisotopic (exact) mass is 533 g/mol. The molecule has 1 aromatic heterocycles. The van der Waals surface area contributed by atoms with E-state index in [-0.39, 0.29) is 5.91 Å². The molecule has 37 heavy (non-hydrogen) atoms. The van der Waals surface area contributed by atoms with Crippen LogP contribution < -0.4 is 10.2 Å². The maximum Gasteiger partial charge on any atom is 0.414 e. The second kappa shape index (κ2) is 11.6. The predicted molar refractivity (Wildman–Crippen MR) is 151 cm³/mol. The summed E-state index contributed by atoms with van der Waals surface area (Å²) in [7, 11) is 0. The zero-order valence-corrected chi connectivity index (χ0v) is 22.5. The van der Waals surface area contributed by atoms with E-state index in [1.165, 1.54) is 11.3 Å². The standard InChI is InChI=1S/C29H28ClN3O3S/c1-29(2,3)36-28(35)33(17-16-23-18-37-19-31-23)24-14-12-22(13-15-24)32-27(34)26-7-5-4-6-25(26)20-8-10-21(30)11-9-20/h4-15,18-19H,16-17H2,1-3H3,(H,32,34). The zero-order valence-electron chi connectivity index (χ0n) is 20.9. The van der Waals surface area contributed by atoms with Crippen LogP contribution in [0.4, 0.5) is 16.2 Å². The lowest BCUT2D eigenvalue weighted by Crippen LogP contribution is -2.38. The van der Waals surface area contributed by atoms with Crippen LogP contribution in [0.15, 0.2) is 83.7 Å². The fourth-order valence-electron chi connectivity index (χ4n) is 3.72. The molecule has 0 saturated carbocycles. The number of hydrogen-bond donors (Lipinski definition) is 1. The third-order valence-electron chi connectivity index (χ3n) is 5.45. The first-order valence-corrected chi connectivity index (χ1v) is 13.2. The van der Waals surface area contributed by atoms with Gasteiger partial charge in [0.1, 0.15) is 5.60 Å². The minimum atomic E-state index is -0.624. The molecule has 190 valence electrons. The topological polar surface area (TPSA) is 71.5 Å². The van der Waals surface area contributed by atoms with E-state index in [0.29, 0.717) is 34.9 Å². The second-order valence-corrected chi connectivity index (χ2v) is 10.6. The molecule has 4 aromatic rings. The first-order valence-electron chi connectivity index (χ1n) is 11.8. The fourth-order valence-corrected chi connectivity index (χ4v) is 4.43. The van der Waals surface area contributed by atoms with Crippen LogP contribution in [0.5, 0.6) is 0 Å². The highest BCUT2D eigenvalue weighted by Gasteiger charge is 2.24. The number of nitrogens with one attached hydrogen (secondary N) is 1. The third kappa shape index (κ3) is 7.18. The molecule has 2 amide bonds. The summed E-state index contributed by atoms with van der Waals surface area (Å²) in [5, 5.41) is 5.56. The smallest absolute Gasteiger partial charge is 0.414 e. The van der Waals surface area contributed by atoms with E-state index in [9.17, 15) is 9.59 Å². The van der Waals surface area contributed by atoms with Gasteiger partial charge < -0.3 is 10.1 Å². The Morgan fingerprint density at radius 3 is 2.35 bits per heavy atom. The lowest BCUT2D eigenvalue weighted by molar-refractivity contribution is 0.0580. The van der Waals surface area contributed by atoms with Crippen molar-refractivity contribution in [1.82, 2.24) is 4.98 Å². The van der Waals surface area contributed by atoms with Crippen molar-refractivity contribution >= 4 is 46.3 Å². The Hall–Kier alpha value is -3.68. The Bertz CT molecular complexity index is 1350. The van der Waals surface area contributed by atoms with Crippen molar-refractivity contribution in [3.05, 3.63) is 100.0 Å². The van der Waals surface area contributed by atoms with Crippen LogP contribution in [0.1, 0.15) is 36.8 Å². The van der Waals surface area contributed by atoms with E-state index in [1.807, 2.05) is 56.5 Å². The molecule has 0 aliphatic heterocycles. The number of benzene rings is 3. The van der Waals surface area contributed by atoms with Crippen molar-refractivity contribution < 1.29 is 14.3 Å². The highest BCUT2D eigenvalue weighted by molar-refractivity contribution is 7.07. The summed E-state index contributed by atoms with van der Waals surface area (Å²) in [4.78, 5) is 32.0. The summed E-state index contributed by atoms with van der Waals surface area (Å²) in [5.74, 6) is -0.231. The molecule has 0 fully saturated rings. The highest BCUT2D eigenvalue weighted by atomic mass is 35.5. The molecule has 0 spiro atoms. The van der Waals surface area contributed by atoms with Gasteiger partial charge in [0, 0.05) is 40.3 Å². The molecular weight excluding hydrogens is 506 g/mol. The number of nitrogens with zero attached hydrogens (tertiary/aromatic N) is 2. The number of ether oxygens (including phenoxy) is 1. The van der Waals surface area contributed by atoms with Gasteiger partial charge >= 0.3 is 6.09 Å². The molecular formula is C29H28ClN3O3S. The second-order valence-electron chi connectivity index (χ2n) is 9.42. The summed E-state index contributed by atoms with van der Waals surface area (Å²) in [5.41, 5.74) is 5.61. The van der Waals surface area contributed by atoms with Crippen LogP contribution in [0.2, 0.25) is 5.02 Å². The molecule has 1 heterocycles. The van der Waals surface area contributed by atoms with Gasteiger partial charge in [-0.25, -0.2) is 9.78 Å². The first-order chi connectivity index (χ1) is 17.7. The average molecular weight is 534 g/mol. The summed E-state index contributed by atoms with van der Waals surface area (Å²) in [6.07, 6.45) is 0.166. The fraction of sp³-hybridized carbons (Fsp3) is 0.207. The molecule has 0 radical (unpaired) electrons. The number of carbonyl (C=O) groups is 2. The van der Waals surface area contributed by atoms with Gasteiger partial charge in [0.25, 0.3) is 5.91 Å². The lowest BCUT2D eigenvalue weighted by Gasteiger charge is -2.27. The largest absolute Gasteiger partial charge is 0.443 e. The number of hydrogen-bond acceptors (Lipinski definition) is 5. The van der Waals surface area contributed by atoms with E-state index in [0.717, 1.165) is 16.8 Å². The van der Waals surface area contributed by atoms with Gasteiger partial charge in [-0.1, -0.05) is 41.9 Å². The van der Waals surface area contributed by atoms with Crippen molar-refractivity contribution in [1.29, 1.82) is 0 Å². The minimum Gasteiger partial charge on any atom is -0.443 e. The molecule has 0 saturated heterocycles. The predicted octanol–water partition coefficient (Wildman–Crippen LogP) is 7.70. The van der Waals surface area contributed by atoms with Crippen LogP contribution in [0.25, 0.3) is 11.1 Å². The maximum absolute atomic E-state index is 13.2. The number of carbonyl (C=O) groups excluding carboxylic acids is 2. The summed E-state index contributed by atoms with van der Waals surface area (Å²) in [6, 6.07) is 21.9. The average Bonchev–Trinajstić information content (AvgIpc) is 3.38. The van der Waals surface area contributed by atoms with Crippen molar-refractivity contribution in [3.63, 3.8) is 0 Å². The van der Waals surface area contributed by atoms with Gasteiger partial charge in [0.15, 0.2) is 0 Å². The number of halogens is 1. The van der Waals surface area contributed by atoms with Gasteiger partial charge in [0.2, 0.25) is 0 Å². The Morgan fingerprint density at radius 1 is 1.00 bits per heavy atom. The summed E-state index contributed by atoms with van der Waals surface area (Å²) >= 11 is 7.55. The van der Waals surface area contributed by atoms with E-state index < -0.39 is 11.7 Å². The minimum absolute atomic E-state index is 0.231. The molecule has 0 aliphatic carbocycles. The molecule has 0 aliphatic rings. The molecule has 0 unspecified atom stereocenters. The quantitative estimate of drug-likeness (QED) is 0.264. The van der Waals surface area contributed by atoms with Gasteiger partial charge in [-0.05, 0) is 74.4 Å². The number of rotatable bonds is 7. The molecule has 0 atom stereocenters. The lowest BCUT2D eigenvalue weighted by atomic mass is 9.99. The normalized spacial score (nSPS) is 11.1. The van der Waals surface area contributed by atoms with Gasteiger partial charge in [-0.3, -0.25) is 9.69 Å². The molecule has 0 bridgehead atoms. The summed E-state index contributed by atoms with van der Waals surface area (Å²) in [6.45, 7) is 5.93. The van der Waals surface area contributed by atoms with Gasteiger partial charge in [0.05, 0.1) is 11.2 Å². The van der Waals surface area contributed by atoms with Gasteiger partial charge in [-0.15, -0.1) is 11.3 Å². The van der Waals surface area contributed by atoms with Crippen LogP contribution in [-0.4, -0.2) is 29.1 Å². The Balaban J connectivity index is 1.51. The number of amides is 2. The third-order valence-corrected chi connectivity index (χ3v) is 6.34. The van der Waals surface area contributed by atoms with Gasteiger partial charge in [-0.2, -0.15) is 0 Å². The number of aromatic nitrogens is 1. The molecule has 3 aromatic carbocycles. The molecule has 4 rings (SSSR count).